The van der Waals surface area contributed by atoms with E-state index >= 15 is 0 Å². The summed E-state index contributed by atoms with van der Waals surface area (Å²) >= 11 is 0. The molecule has 0 bridgehead atoms. The Morgan fingerprint density at radius 3 is 2.29 bits per heavy atom. The van der Waals surface area contributed by atoms with Gasteiger partial charge in [-0.25, -0.2) is 0 Å². The SMILES string of the molecule is FC(F)(F)Oc1[c]ccc(-c2ccccc2)c1. The third kappa shape index (κ3) is 3.24. The molecule has 17 heavy (non-hydrogen) atoms. The van der Waals surface area contributed by atoms with Crippen LogP contribution < -0.4 is 4.74 Å². The first-order valence-corrected chi connectivity index (χ1v) is 4.87. The molecule has 0 aliphatic carbocycles. The summed E-state index contributed by atoms with van der Waals surface area (Å²) in [5.41, 5.74) is 1.48. The van der Waals surface area contributed by atoms with Crippen LogP contribution in [0.2, 0.25) is 0 Å². The van der Waals surface area contributed by atoms with Crippen molar-refractivity contribution in [2.24, 2.45) is 0 Å². The van der Waals surface area contributed by atoms with Gasteiger partial charge in [0, 0.05) is 6.07 Å². The smallest absolute Gasteiger partial charge is 0.405 e. The standard InChI is InChI=1S/C13H8F3O/c14-13(15,16)17-12-8-4-7-11(9-12)10-5-2-1-3-6-10/h1-7,9H. The number of hydrogen-bond acceptors (Lipinski definition) is 1. The average Bonchev–Trinajstić information content (AvgIpc) is 2.28. The number of halogens is 3. The molecule has 2 aromatic rings. The van der Waals surface area contributed by atoms with Gasteiger partial charge in [0.1, 0.15) is 5.75 Å². The van der Waals surface area contributed by atoms with Crippen LogP contribution in [0.4, 0.5) is 13.2 Å². The predicted octanol–water partition coefficient (Wildman–Crippen LogP) is 4.05. The van der Waals surface area contributed by atoms with E-state index in [1.54, 1.807) is 6.07 Å². The number of benzene rings is 2. The van der Waals surface area contributed by atoms with E-state index in [-0.39, 0.29) is 5.75 Å². The summed E-state index contributed by atoms with van der Waals surface area (Å²) in [6.07, 6.45) is -4.69. The van der Waals surface area contributed by atoms with Crippen molar-refractivity contribution < 1.29 is 17.9 Å². The Morgan fingerprint density at radius 1 is 0.941 bits per heavy atom. The van der Waals surface area contributed by atoms with Gasteiger partial charge in [0.25, 0.3) is 0 Å². The van der Waals surface area contributed by atoms with Crippen molar-refractivity contribution in [2.45, 2.75) is 6.36 Å². The lowest BCUT2D eigenvalue weighted by molar-refractivity contribution is -0.274. The van der Waals surface area contributed by atoms with E-state index in [1.165, 1.54) is 12.1 Å². The molecular weight excluding hydrogens is 229 g/mol. The van der Waals surface area contributed by atoms with Gasteiger partial charge in [-0.1, -0.05) is 36.4 Å². The minimum atomic E-state index is -4.69. The summed E-state index contributed by atoms with van der Waals surface area (Å²) in [6, 6.07) is 15.9. The van der Waals surface area contributed by atoms with Crippen LogP contribution in [0, 0.1) is 6.07 Å². The Balaban J connectivity index is 2.29. The monoisotopic (exact) mass is 237 g/mol. The zero-order valence-corrected chi connectivity index (χ0v) is 8.66. The molecule has 2 aromatic carbocycles. The molecule has 0 heterocycles. The normalized spacial score (nSPS) is 11.2. The summed E-state index contributed by atoms with van der Waals surface area (Å²) in [6.45, 7) is 0. The van der Waals surface area contributed by atoms with E-state index in [2.05, 4.69) is 10.8 Å². The summed E-state index contributed by atoms with van der Waals surface area (Å²) in [5, 5.41) is 0. The van der Waals surface area contributed by atoms with Crippen LogP contribution in [-0.2, 0) is 0 Å². The Labute approximate surface area is 96.5 Å². The van der Waals surface area contributed by atoms with Crippen molar-refractivity contribution in [2.75, 3.05) is 0 Å². The second-order valence-electron chi connectivity index (χ2n) is 3.36. The highest BCUT2D eigenvalue weighted by Gasteiger charge is 2.31. The van der Waals surface area contributed by atoms with E-state index in [0.717, 1.165) is 5.56 Å². The molecule has 0 amide bonds. The third-order valence-corrected chi connectivity index (χ3v) is 2.11. The summed E-state index contributed by atoms with van der Waals surface area (Å²) in [4.78, 5) is 0. The highest BCUT2D eigenvalue weighted by molar-refractivity contribution is 5.64. The maximum absolute atomic E-state index is 12.0. The lowest BCUT2D eigenvalue weighted by Gasteiger charge is -2.09. The van der Waals surface area contributed by atoms with Gasteiger partial charge in [-0.3, -0.25) is 0 Å². The highest BCUT2D eigenvalue weighted by atomic mass is 19.4. The fourth-order valence-corrected chi connectivity index (χ4v) is 1.44. The summed E-state index contributed by atoms with van der Waals surface area (Å²) in [7, 11) is 0. The largest absolute Gasteiger partial charge is 0.573 e. The van der Waals surface area contributed by atoms with E-state index < -0.39 is 6.36 Å². The Morgan fingerprint density at radius 2 is 1.65 bits per heavy atom. The number of ether oxygens (including phenoxy) is 1. The Kier molecular flexibility index (Phi) is 3.04. The van der Waals surface area contributed by atoms with Crippen molar-refractivity contribution in [3.63, 3.8) is 0 Å². The van der Waals surface area contributed by atoms with E-state index in [9.17, 15) is 13.2 Å². The Hall–Kier alpha value is -1.97. The number of rotatable bonds is 2. The first-order valence-electron chi connectivity index (χ1n) is 4.87. The van der Waals surface area contributed by atoms with Crippen LogP contribution in [0.25, 0.3) is 11.1 Å². The quantitative estimate of drug-likeness (QED) is 0.765. The molecule has 0 aromatic heterocycles. The third-order valence-electron chi connectivity index (χ3n) is 2.11. The molecular formula is C13H8F3O. The van der Waals surface area contributed by atoms with Crippen molar-refractivity contribution in [3.8, 4) is 16.9 Å². The van der Waals surface area contributed by atoms with Gasteiger partial charge in [-0.2, -0.15) is 0 Å². The van der Waals surface area contributed by atoms with Crippen molar-refractivity contribution >= 4 is 0 Å². The molecule has 0 spiro atoms. The second-order valence-corrected chi connectivity index (χ2v) is 3.36. The van der Waals surface area contributed by atoms with Crippen LogP contribution >= 0.6 is 0 Å². The maximum Gasteiger partial charge on any atom is 0.573 e. The van der Waals surface area contributed by atoms with Crippen LogP contribution in [0.1, 0.15) is 0 Å². The lowest BCUT2D eigenvalue weighted by Crippen LogP contribution is -2.17. The van der Waals surface area contributed by atoms with Crippen molar-refractivity contribution in [1.82, 2.24) is 0 Å². The van der Waals surface area contributed by atoms with Gasteiger partial charge in [0.15, 0.2) is 0 Å². The van der Waals surface area contributed by atoms with Gasteiger partial charge in [-0.15, -0.1) is 13.2 Å². The zero-order valence-electron chi connectivity index (χ0n) is 8.66. The van der Waals surface area contributed by atoms with Crippen LogP contribution in [0.15, 0.2) is 48.5 Å². The molecule has 0 fully saturated rings. The molecule has 0 saturated heterocycles. The molecule has 1 nitrogen and oxygen atoms in total. The maximum atomic E-state index is 12.0. The second kappa shape index (κ2) is 4.49. The summed E-state index contributed by atoms with van der Waals surface area (Å²) in [5.74, 6) is -0.334. The molecule has 1 radical (unpaired) electrons. The molecule has 0 atom stereocenters. The van der Waals surface area contributed by atoms with Gasteiger partial charge in [0.05, 0.1) is 0 Å². The lowest BCUT2D eigenvalue weighted by atomic mass is 10.1. The van der Waals surface area contributed by atoms with E-state index in [4.69, 9.17) is 0 Å². The zero-order chi connectivity index (χ0) is 12.3. The molecule has 0 aliphatic heterocycles. The molecule has 0 saturated carbocycles. The number of alkyl halides is 3. The van der Waals surface area contributed by atoms with Crippen molar-refractivity contribution in [1.29, 1.82) is 0 Å². The van der Waals surface area contributed by atoms with Gasteiger partial charge in [0.2, 0.25) is 0 Å². The van der Waals surface area contributed by atoms with Crippen LogP contribution in [-0.4, -0.2) is 6.36 Å². The first kappa shape index (κ1) is 11.5. The van der Waals surface area contributed by atoms with Crippen LogP contribution in [0.5, 0.6) is 5.75 Å². The minimum absolute atomic E-state index is 0.334. The fourth-order valence-electron chi connectivity index (χ4n) is 1.44. The highest BCUT2D eigenvalue weighted by Crippen LogP contribution is 2.27. The van der Waals surface area contributed by atoms with Gasteiger partial charge in [-0.05, 0) is 23.3 Å². The fraction of sp³-hybridized carbons (Fsp3) is 0.0769. The topological polar surface area (TPSA) is 9.23 Å². The molecule has 4 heteroatoms. The molecule has 0 aliphatic rings. The van der Waals surface area contributed by atoms with Crippen LogP contribution in [0.3, 0.4) is 0 Å². The van der Waals surface area contributed by atoms with E-state index in [0.29, 0.717) is 5.56 Å². The predicted molar refractivity (Wildman–Crippen MR) is 57.4 cm³/mol. The van der Waals surface area contributed by atoms with Gasteiger partial charge < -0.3 is 4.74 Å². The first-order chi connectivity index (χ1) is 8.04. The molecule has 0 unspecified atom stereocenters. The minimum Gasteiger partial charge on any atom is -0.405 e. The number of hydrogen-bond donors (Lipinski definition) is 0. The molecule has 87 valence electrons. The van der Waals surface area contributed by atoms with E-state index in [1.807, 2.05) is 30.3 Å². The molecule has 0 N–H and O–H groups in total. The van der Waals surface area contributed by atoms with Gasteiger partial charge >= 0.3 is 6.36 Å². The van der Waals surface area contributed by atoms with Crippen molar-refractivity contribution in [3.05, 3.63) is 54.6 Å². The molecule has 2 rings (SSSR count). The average molecular weight is 237 g/mol. The summed E-state index contributed by atoms with van der Waals surface area (Å²) < 4.78 is 39.9. The Bertz CT molecular complexity index is 492.